The highest BCUT2D eigenvalue weighted by molar-refractivity contribution is 5.81. The molecule has 0 aliphatic carbocycles. The van der Waals surface area contributed by atoms with Crippen molar-refractivity contribution in [1.82, 2.24) is 4.90 Å². The van der Waals surface area contributed by atoms with E-state index in [1.807, 2.05) is 18.7 Å². The lowest BCUT2D eigenvalue weighted by molar-refractivity contribution is -0.144. The van der Waals surface area contributed by atoms with Gasteiger partial charge in [0, 0.05) is 13.1 Å². The minimum atomic E-state index is -0.363. The molecule has 16 heavy (non-hydrogen) atoms. The van der Waals surface area contributed by atoms with Crippen LogP contribution in [0.5, 0.6) is 0 Å². The molecule has 1 fully saturated rings. The fourth-order valence-corrected chi connectivity index (χ4v) is 2.20. The smallest absolute Gasteiger partial charge is 0.239 e. The molecule has 0 unspecified atom stereocenters. The molecule has 1 aliphatic rings. The van der Waals surface area contributed by atoms with Crippen molar-refractivity contribution in [3.8, 4) is 0 Å². The molecule has 0 bridgehead atoms. The summed E-state index contributed by atoms with van der Waals surface area (Å²) in [6.07, 6.45) is 0.969. The summed E-state index contributed by atoms with van der Waals surface area (Å²) in [6.45, 7) is 9.47. The molecular weight excluding hydrogens is 204 g/mol. The van der Waals surface area contributed by atoms with E-state index in [2.05, 4.69) is 13.8 Å². The molecule has 1 rings (SSSR count). The Balaban J connectivity index is 2.52. The number of hydrogen-bond donors (Lipinski definition) is 1. The maximum absolute atomic E-state index is 12.1. The van der Waals surface area contributed by atoms with Crippen LogP contribution in [0.1, 0.15) is 34.1 Å². The second kappa shape index (κ2) is 5.64. The molecule has 4 heteroatoms. The van der Waals surface area contributed by atoms with Crippen LogP contribution >= 0.6 is 0 Å². The Morgan fingerprint density at radius 1 is 1.38 bits per heavy atom. The van der Waals surface area contributed by atoms with Gasteiger partial charge in [0.1, 0.15) is 0 Å². The average molecular weight is 228 g/mol. The summed E-state index contributed by atoms with van der Waals surface area (Å²) in [5, 5.41) is 0. The summed E-state index contributed by atoms with van der Waals surface area (Å²) in [5.41, 5.74) is 5.91. The van der Waals surface area contributed by atoms with Gasteiger partial charge in [0.25, 0.3) is 0 Å². The monoisotopic (exact) mass is 228 g/mol. The summed E-state index contributed by atoms with van der Waals surface area (Å²) < 4.78 is 5.59. The normalized spacial score (nSPS) is 28.2. The van der Waals surface area contributed by atoms with Crippen LogP contribution in [0.3, 0.4) is 0 Å². The van der Waals surface area contributed by atoms with E-state index >= 15 is 0 Å². The molecule has 0 aromatic heterocycles. The Morgan fingerprint density at radius 2 is 1.88 bits per heavy atom. The summed E-state index contributed by atoms with van der Waals surface area (Å²) in [7, 11) is 0. The largest absolute Gasteiger partial charge is 0.372 e. The van der Waals surface area contributed by atoms with E-state index in [4.69, 9.17) is 10.5 Å². The molecular formula is C12H24N2O2. The van der Waals surface area contributed by atoms with E-state index in [1.165, 1.54) is 0 Å². The van der Waals surface area contributed by atoms with Gasteiger partial charge in [0.05, 0.1) is 18.2 Å². The van der Waals surface area contributed by atoms with E-state index < -0.39 is 0 Å². The first kappa shape index (κ1) is 13.5. The van der Waals surface area contributed by atoms with Gasteiger partial charge in [-0.15, -0.1) is 0 Å². The van der Waals surface area contributed by atoms with Crippen molar-refractivity contribution < 1.29 is 9.53 Å². The Morgan fingerprint density at radius 3 is 2.31 bits per heavy atom. The van der Waals surface area contributed by atoms with Crippen LogP contribution in [0.25, 0.3) is 0 Å². The lowest BCUT2D eigenvalue weighted by Gasteiger charge is -2.36. The minimum absolute atomic E-state index is 0.0655. The summed E-state index contributed by atoms with van der Waals surface area (Å²) in [5.74, 6) is 0.519. The molecule has 4 nitrogen and oxygen atoms in total. The first-order chi connectivity index (χ1) is 7.40. The van der Waals surface area contributed by atoms with Gasteiger partial charge in [-0.1, -0.05) is 13.8 Å². The van der Waals surface area contributed by atoms with E-state index in [0.29, 0.717) is 19.0 Å². The Hall–Kier alpha value is -0.610. The molecule has 94 valence electrons. The second-order valence-electron chi connectivity index (χ2n) is 5.24. The first-order valence-corrected chi connectivity index (χ1v) is 6.10. The molecule has 1 amide bonds. The number of carbonyl (C=O) groups excluding carboxylic acids is 1. The molecule has 0 radical (unpaired) electrons. The predicted molar refractivity (Wildman–Crippen MR) is 64.0 cm³/mol. The van der Waals surface area contributed by atoms with Crippen molar-refractivity contribution in [3.63, 3.8) is 0 Å². The van der Waals surface area contributed by atoms with Gasteiger partial charge in [0.2, 0.25) is 5.91 Å². The van der Waals surface area contributed by atoms with E-state index in [0.717, 1.165) is 6.42 Å². The zero-order valence-corrected chi connectivity index (χ0v) is 10.8. The fraction of sp³-hybridized carbons (Fsp3) is 0.917. The third kappa shape index (κ3) is 3.76. The van der Waals surface area contributed by atoms with Crippen molar-refractivity contribution in [3.05, 3.63) is 0 Å². The lowest BCUT2D eigenvalue weighted by atomic mass is 10.0. The van der Waals surface area contributed by atoms with Gasteiger partial charge < -0.3 is 15.4 Å². The van der Waals surface area contributed by atoms with Crippen molar-refractivity contribution in [1.29, 1.82) is 0 Å². The lowest BCUT2D eigenvalue weighted by Crippen LogP contribution is -2.53. The Bertz CT molecular complexity index is 233. The van der Waals surface area contributed by atoms with Gasteiger partial charge in [0.15, 0.2) is 0 Å². The Labute approximate surface area is 98.1 Å². The number of rotatable bonds is 3. The Kier molecular flexibility index (Phi) is 4.74. The quantitative estimate of drug-likeness (QED) is 0.784. The first-order valence-electron chi connectivity index (χ1n) is 6.10. The number of hydrogen-bond acceptors (Lipinski definition) is 3. The van der Waals surface area contributed by atoms with Crippen LogP contribution in [-0.2, 0) is 9.53 Å². The highest BCUT2D eigenvalue weighted by Gasteiger charge is 2.28. The van der Waals surface area contributed by atoms with Crippen molar-refractivity contribution in [2.24, 2.45) is 11.7 Å². The molecule has 0 spiro atoms. The molecule has 3 atom stereocenters. The van der Waals surface area contributed by atoms with E-state index in [1.54, 1.807) is 0 Å². The number of morpholine rings is 1. The van der Waals surface area contributed by atoms with Crippen LogP contribution in [-0.4, -0.2) is 42.1 Å². The van der Waals surface area contributed by atoms with E-state index in [-0.39, 0.29) is 24.2 Å². The highest BCUT2D eigenvalue weighted by Crippen LogP contribution is 2.13. The zero-order chi connectivity index (χ0) is 12.3. The van der Waals surface area contributed by atoms with Gasteiger partial charge in [-0.3, -0.25) is 4.79 Å². The fourth-order valence-electron chi connectivity index (χ4n) is 2.20. The topological polar surface area (TPSA) is 55.6 Å². The number of nitrogens with two attached hydrogens (primary N) is 1. The van der Waals surface area contributed by atoms with Crippen molar-refractivity contribution in [2.75, 3.05) is 13.1 Å². The molecule has 1 heterocycles. The maximum atomic E-state index is 12.1. The van der Waals surface area contributed by atoms with Crippen molar-refractivity contribution >= 4 is 5.91 Å². The summed E-state index contributed by atoms with van der Waals surface area (Å²) in [4.78, 5) is 13.9. The highest BCUT2D eigenvalue weighted by atomic mass is 16.5. The average Bonchev–Trinajstić information content (AvgIpc) is 2.13. The molecule has 1 saturated heterocycles. The van der Waals surface area contributed by atoms with Gasteiger partial charge in [-0.05, 0) is 26.2 Å². The van der Waals surface area contributed by atoms with Crippen LogP contribution in [0.15, 0.2) is 0 Å². The van der Waals surface area contributed by atoms with Crippen LogP contribution in [0, 0.1) is 5.92 Å². The second-order valence-corrected chi connectivity index (χ2v) is 5.24. The van der Waals surface area contributed by atoms with Crippen LogP contribution in [0.4, 0.5) is 0 Å². The number of ether oxygens (including phenoxy) is 1. The van der Waals surface area contributed by atoms with Crippen LogP contribution < -0.4 is 5.73 Å². The predicted octanol–water partition coefficient (Wildman–Crippen LogP) is 0.996. The van der Waals surface area contributed by atoms with E-state index in [9.17, 15) is 4.79 Å². The number of carbonyl (C=O) groups is 1. The molecule has 2 N–H and O–H groups in total. The summed E-state index contributed by atoms with van der Waals surface area (Å²) in [6, 6.07) is -0.363. The number of amides is 1. The van der Waals surface area contributed by atoms with Gasteiger partial charge >= 0.3 is 0 Å². The van der Waals surface area contributed by atoms with Crippen molar-refractivity contribution in [2.45, 2.75) is 52.4 Å². The molecule has 0 saturated carbocycles. The third-order valence-electron chi connectivity index (χ3n) is 2.77. The molecule has 0 aromatic rings. The third-order valence-corrected chi connectivity index (χ3v) is 2.77. The molecule has 0 aromatic carbocycles. The summed E-state index contributed by atoms with van der Waals surface area (Å²) >= 11 is 0. The standard InChI is InChI=1S/C12H24N2O2/c1-8(2)5-11(13)12(15)14-6-9(3)16-10(4)7-14/h8-11H,5-7,13H2,1-4H3/t9-,10+,11-/m1/s1. The maximum Gasteiger partial charge on any atom is 0.239 e. The SMILES string of the molecule is CC(C)C[C@@H](N)C(=O)N1C[C@@H](C)O[C@@H](C)C1. The van der Waals surface area contributed by atoms with Gasteiger partial charge in [-0.25, -0.2) is 0 Å². The zero-order valence-electron chi connectivity index (χ0n) is 10.8. The van der Waals surface area contributed by atoms with Gasteiger partial charge in [-0.2, -0.15) is 0 Å². The number of nitrogens with zero attached hydrogens (tertiary/aromatic N) is 1. The molecule has 1 aliphatic heterocycles. The van der Waals surface area contributed by atoms with Crippen LogP contribution in [0.2, 0.25) is 0 Å². The minimum Gasteiger partial charge on any atom is -0.372 e.